The number of aromatic nitrogens is 2. The van der Waals surface area contributed by atoms with Crippen molar-refractivity contribution in [3.63, 3.8) is 0 Å². The molecule has 8 heteroatoms. The molecule has 0 fully saturated rings. The standard InChI is InChI=1S/C6H10N8/c7-5(8)13-11-1-4-2-12-14(3-4)6(9)10/h1-3H,(H3,9,10)(H4,7,8,13). The van der Waals surface area contributed by atoms with E-state index >= 15 is 0 Å². The van der Waals surface area contributed by atoms with E-state index in [4.69, 9.17) is 22.6 Å². The van der Waals surface area contributed by atoms with Crippen molar-refractivity contribution in [1.29, 1.82) is 5.41 Å². The summed E-state index contributed by atoms with van der Waals surface area (Å²) in [6, 6.07) is 0. The molecule has 0 aromatic carbocycles. The fourth-order valence-corrected chi connectivity index (χ4v) is 0.697. The molecule has 8 nitrogen and oxygen atoms in total. The van der Waals surface area contributed by atoms with Crippen LogP contribution in [0.5, 0.6) is 0 Å². The fourth-order valence-electron chi connectivity index (χ4n) is 0.697. The summed E-state index contributed by atoms with van der Waals surface area (Å²) in [5.41, 5.74) is 15.9. The molecule has 1 rings (SSSR count). The van der Waals surface area contributed by atoms with Crippen LogP contribution in [-0.2, 0) is 0 Å². The molecule has 1 aromatic rings. The van der Waals surface area contributed by atoms with Crippen molar-refractivity contribution in [1.82, 2.24) is 9.78 Å². The van der Waals surface area contributed by atoms with E-state index in [0.29, 0.717) is 5.56 Å². The molecular formula is C6H10N8. The molecule has 0 aliphatic heterocycles. The SMILES string of the molecule is N=C(N)n1cc(C=NN=C(N)N)cn1. The highest BCUT2D eigenvalue weighted by Crippen LogP contribution is 1.92. The Morgan fingerprint density at radius 2 is 2.21 bits per heavy atom. The van der Waals surface area contributed by atoms with E-state index in [1.807, 2.05) is 0 Å². The van der Waals surface area contributed by atoms with E-state index in [9.17, 15) is 0 Å². The summed E-state index contributed by atoms with van der Waals surface area (Å²) in [4.78, 5) is 0. The van der Waals surface area contributed by atoms with Gasteiger partial charge in [0.05, 0.1) is 12.4 Å². The predicted molar refractivity (Wildman–Crippen MR) is 52.9 cm³/mol. The zero-order chi connectivity index (χ0) is 10.6. The minimum Gasteiger partial charge on any atom is -0.369 e. The second kappa shape index (κ2) is 4.03. The second-order valence-electron chi connectivity index (χ2n) is 2.37. The number of nitrogens with one attached hydrogen (secondary N) is 1. The molecule has 0 aliphatic rings. The van der Waals surface area contributed by atoms with Crippen molar-refractivity contribution >= 4 is 18.1 Å². The number of hydrogen-bond acceptors (Lipinski definition) is 4. The lowest BCUT2D eigenvalue weighted by Gasteiger charge is -1.91. The van der Waals surface area contributed by atoms with Gasteiger partial charge >= 0.3 is 0 Å². The molecule has 0 saturated heterocycles. The van der Waals surface area contributed by atoms with E-state index in [0.717, 1.165) is 0 Å². The maximum atomic E-state index is 7.06. The van der Waals surface area contributed by atoms with Gasteiger partial charge in [-0.3, -0.25) is 5.41 Å². The van der Waals surface area contributed by atoms with Gasteiger partial charge in [0.15, 0.2) is 0 Å². The molecule has 0 saturated carbocycles. The Hall–Kier alpha value is -2.38. The third-order valence-electron chi connectivity index (χ3n) is 1.23. The van der Waals surface area contributed by atoms with Gasteiger partial charge in [-0.15, -0.1) is 5.10 Å². The van der Waals surface area contributed by atoms with Crippen LogP contribution >= 0.6 is 0 Å². The van der Waals surface area contributed by atoms with Crippen LogP contribution in [0.4, 0.5) is 0 Å². The summed E-state index contributed by atoms with van der Waals surface area (Å²) in [6.07, 6.45) is 4.40. The van der Waals surface area contributed by atoms with Crippen molar-refractivity contribution < 1.29 is 0 Å². The Balaban J connectivity index is 2.74. The first-order valence-corrected chi connectivity index (χ1v) is 3.60. The summed E-state index contributed by atoms with van der Waals surface area (Å²) in [7, 11) is 0. The zero-order valence-corrected chi connectivity index (χ0v) is 7.25. The first kappa shape index (κ1) is 9.71. The monoisotopic (exact) mass is 194 g/mol. The minimum atomic E-state index is -0.175. The maximum Gasteiger partial charge on any atom is 0.213 e. The Morgan fingerprint density at radius 3 is 2.71 bits per heavy atom. The van der Waals surface area contributed by atoms with Crippen LogP contribution < -0.4 is 17.2 Å². The lowest BCUT2D eigenvalue weighted by Crippen LogP contribution is -2.21. The summed E-state index contributed by atoms with van der Waals surface area (Å²) < 4.78 is 1.19. The van der Waals surface area contributed by atoms with Crippen molar-refractivity contribution in [2.45, 2.75) is 0 Å². The highest BCUT2D eigenvalue weighted by atomic mass is 15.3. The summed E-state index contributed by atoms with van der Waals surface area (Å²) in [5.74, 6) is -0.299. The molecule has 0 aliphatic carbocycles. The van der Waals surface area contributed by atoms with Crippen LogP contribution in [0, 0.1) is 5.41 Å². The molecule has 0 unspecified atom stereocenters. The summed E-state index contributed by atoms with van der Waals surface area (Å²) in [6.45, 7) is 0. The quantitative estimate of drug-likeness (QED) is 0.251. The predicted octanol–water partition coefficient (Wildman–Crippen LogP) is -1.77. The molecule has 0 bridgehead atoms. The molecule has 1 heterocycles. The van der Waals surface area contributed by atoms with Crippen LogP contribution in [0.1, 0.15) is 5.56 Å². The normalized spacial score (nSPS) is 10.3. The van der Waals surface area contributed by atoms with E-state index in [1.54, 1.807) is 0 Å². The smallest absolute Gasteiger partial charge is 0.213 e. The van der Waals surface area contributed by atoms with Gasteiger partial charge in [-0.25, -0.2) is 4.68 Å². The van der Waals surface area contributed by atoms with Crippen molar-refractivity contribution in [3.05, 3.63) is 18.0 Å². The van der Waals surface area contributed by atoms with Crippen molar-refractivity contribution in [3.8, 4) is 0 Å². The number of nitrogens with zero attached hydrogens (tertiary/aromatic N) is 4. The molecule has 1 aromatic heterocycles. The number of rotatable bonds is 2. The average Bonchev–Trinajstić information content (AvgIpc) is 2.52. The topological polar surface area (TPSA) is 144 Å². The van der Waals surface area contributed by atoms with Gasteiger partial charge in [0.1, 0.15) is 0 Å². The number of guanidine groups is 1. The molecular weight excluding hydrogens is 184 g/mol. The fraction of sp³-hybridized carbons (Fsp3) is 0. The van der Waals surface area contributed by atoms with E-state index in [-0.39, 0.29) is 11.9 Å². The molecule has 0 amide bonds. The molecule has 7 N–H and O–H groups in total. The van der Waals surface area contributed by atoms with Gasteiger partial charge in [-0.2, -0.15) is 10.2 Å². The average molecular weight is 194 g/mol. The summed E-state index contributed by atoms with van der Waals surface area (Å²) >= 11 is 0. The van der Waals surface area contributed by atoms with E-state index in [2.05, 4.69) is 15.3 Å². The Labute approximate surface area is 79.6 Å². The number of hydrogen-bond donors (Lipinski definition) is 4. The highest BCUT2D eigenvalue weighted by Gasteiger charge is 1.96. The number of nitrogen functional groups attached to an aromatic ring is 1. The Bertz CT molecular complexity index is 382. The van der Waals surface area contributed by atoms with Crippen LogP contribution in [0.3, 0.4) is 0 Å². The van der Waals surface area contributed by atoms with Gasteiger partial charge in [0, 0.05) is 11.8 Å². The third-order valence-corrected chi connectivity index (χ3v) is 1.23. The van der Waals surface area contributed by atoms with E-state index in [1.165, 1.54) is 23.3 Å². The first-order valence-electron chi connectivity index (χ1n) is 3.60. The Kier molecular flexibility index (Phi) is 2.79. The molecule has 0 spiro atoms. The zero-order valence-electron chi connectivity index (χ0n) is 7.25. The van der Waals surface area contributed by atoms with Crippen LogP contribution in [0.2, 0.25) is 0 Å². The van der Waals surface area contributed by atoms with Gasteiger partial charge in [0.2, 0.25) is 11.9 Å². The minimum absolute atomic E-state index is 0.125. The Morgan fingerprint density at radius 1 is 1.50 bits per heavy atom. The van der Waals surface area contributed by atoms with Gasteiger partial charge in [-0.05, 0) is 0 Å². The van der Waals surface area contributed by atoms with Crippen molar-refractivity contribution in [2.24, 2.45) is 27.4 Å². The molecule has 0 radical (unpaired) electrons. The summed E-state index contributed by atoms with van der Waals surface area (Å²) in [5, 5.41) is 17.8. The van der Waals surface area contributed by atoms with Crippen LogP contribution in [0.25, 0.3) is 0 Å². The highest BCUT2D eigenvalue weighted by molar-refractivity contribution is 5.83. The van der Waals surface area contributed by atoms with Gasteiger partial charge in [-0.1, -0.05) is 0 Å². The molecule has 0 atom stereocenters. The first-order chi connectivity index (χ1) is 6.59. The molecule has 14 heavy (non-hydrogen) atoms. The maximum absolute atomic E-state index is 7.06. The van der Waals surface area contributed by atoms with Gasteiger partial charge in [0.25, 0.3) is 0 Å². The van der Waals surface area contributed by atoms with Crippen LogP contribution in [0.15, 0.2) is 22.6 Å². The van der Waals surface area contributed by atoms with Crippen LogP contribution in [-0.4, -0.2) is 27.9 Å². The van der Waals surface area contributed by atoms with Gasteiger partial charge < -0.3 is 17.2 Å². The molecule has 74 valence electrons. The lowest BCUT2D eigenvalue weighted by atomic mass is 10.4. The number of nitrogens with two attached hydrogens (primary N) is 3. The van der Waals surface area contributed by atoms with Crippen molar-refractivity contribution in [2.75, 3.05) is 0 Å². The lowest BCUT2D eigenvalue weighted by molar-refractivity contribution is 0.911. The second-order valence-corrected chi connectivity index (χ2v) is 2.37. The third kappa shape index (κ3) is 2.59. The van der Waals surface area contributed by atoms with E-state index < -0.39 is 0 Å². The largest absolute Gasteiger partial charge is 0.369 e.